The Morgan fingerprint density at radius 3 is 2.65 bits per heavy atom. The third kappa shape index (κ3) is 4.09. The van der Waals surface area contributed by atoms with Gasteiger partial charge >= 0.3 is 0 Å². The Morgan fingerprint density at radius 2 is 1.95 bits per heavy atom. The second-order valence-corrected chi connectivity index (χ2v) is 4.77. The summed E-state index contributed by atoms with van der Waals surface area (Å²) in [6.45, 7) is 3.34. The molecule has 0 saturated heterocycles. The van der Waals surface area contributed by atoms with Gasteiger partial charge < -0.3 is 10.2 Å². The number of rotatable bonds is 5. The molecule has 0 bridgehead atoms. The van der Waals surface area contributed by atoms with Crippen molar-refractivity contribution in [3.05, 3.63) is 54.9 Å². The maximum Gasteiger partial charge on any atom is 0.221 e. The lowest BCUT2D eigenvalue weighted by molar-refractivity contribution is -0.694. The van der Waals surface area contributed by atoms with Crippen LogP contribution < -0.4 is 14.8 Å². The van der Waals surface area contributed by atoms with Crippen LogP contribution in [0.4, 0.5) is 11.4 Å². The van der Waals surface area contributed by atoms with Crippen LogP contribution in [0.5, 0.6) is 0 Å². The summed E-state index contributed by atoms with van der Waals surface area (Å²) in [5, 5.41) is 2.80. The largest absolute Gasteiger partial charge is 0.368 e. The van der Waals surface area contributed by atoms with Gasteiger partial charge in [0.2, 0.25) is 5.91 Å². The first kappa shape index (κ1) is 14.1. The second kappa shape index (κ2) is 6.70. The predicted octanol–water partition coefficient (Wildman–Crippen LogP) is 2.07. The number of hydrogen-bond donors (Lipinski definition) is 1. The predicted molar refractivity (Wildman–Crippen MR) is 80.7 cm³/mol. The normalized spacial score (nSPS) is 10.1. The summed E-state index contributed by atoms with van der Waals surface area (Å²) in [7, 11) is 2.05. The molecule has 1 aromatic carbocycles. The average Bonchev–Trinajstić information content (AvgIpc) is 2.45. The third-order valence-electron chi connectivity index (χ3n) is 3.08. The van der Waals surface area contributed by atoms with E-state index in [-0.39, 0.29) is 5.91 Å². The number of aromatic nitrogens is 1. The summed E-state index contributed by atoms with van der Waals surface area (Å²) >= 11 is 0. The molecule has 1 amide bonds. The van der Waals surface area contributed by atoms with Crippen LogP contribution in [0.2, 0.25) is 0 Å². The van der Waals surface area contributed by atoms with E-state index in [0.29, 0.717) is 0 Å². The van der Waals surface area contributed by atoms with Crippen molar-refractivity contribution in [3.8, 4) is 0 Å². The molecule has 0 aliphatic carbocycles. The maximum absolute atomic E-state index is 11.1. The van der Waals surface area contributed by atoms with Crippen molar-refractivity contribution in [2.45, 2.75) is 13.5 Å². The summed E-state index contributed by atoms with van der Waals surface area (Å²) < 4.78 is 2.15. The van der Waals surface area contributed by atoms with Crippen LogP contribution in [-0.2, 0) is 11.3 Å². The Balaban J connectivity index is 1.98. The summed E-state index contributed by atoms with van der Waals surface area (Å²) in [6.07, 6.45) is 4.11. The van der Waals surface area contributed by atoms with Crippen molar-refractivity contribution in [1.29, 1.82) is 0 Å². The molecule has 0 radical (unpaired) electrons. The van der Waals surface area contributed by atoms with Gasteiger partial charge in [-0.15, -0.1) is 0 Å². The van der Waals surface area contributed by atoms with Gasteiger partial charge in [0.15, 0.2) is 18.9 Å². The topological polar surface area (TPSA) is 36.2 Å². The summed E-state index contributed by atoms with van der Waals surface area (Å²) in [5.74, 6) is -0.0513. The van der Waals surface area contributed by atoms with Crippen molar-refractivity contribution in [1.82, 2.24) is 0 Å². The van der Waals surface area contributed by atoms with Gasteiger partial charge in [-0.3, -0.25) is 4.79 Å². The SMILES string of the molecule is CC(=O)Nc1cccc(N(C)CC[n+]2ccccc2)c1. The van der Waals surface area contributed by atoms with E-state index in [2.05, 4.69) is 34.2 Å². The van der Waals surface area contributed by atoms with Crippen LogP contribution >= 0.6 is 0 Å². The number of carbonyl (C=O) groups excluding carboxylic acids is 1. The van der Waals surface area contributed by atoms with E-state index < -0.39 is 0 Å². The molecule has 0 saturated carbocycles. The number of nitrogens with one attached hydrogen (secondary N) is 1. The van der Waals surface area contributed by atoms with Crippen LogP contribution in [0.25, 0.3) is 0 Å². The van der Waals surface area contributed by atoms with Gasteiger partial charge in [-0.2, -0.15) is 0 Å². The monoisotopic (exact) mass is 270 g/mol. The molecule has 4 heteroatoms. The van der Waals surface area contributed by atoms with Crippen molar-refractivity contribution in [3.63, 3.8) is 0 Å². The van der Waals surface area contributed by atoms with Crippen molar-refractivity contribution in [2.24, 2.45) is 0 Å². The highest BCUT2D eigenvalue weighted by Gasteiger charge is 2.05. The van der Waals surface area contributed by atoms with Crippen LogP contribution in [0.15, 0.2) is 54.9 Å². The first-order valence-electron chi connectivity index (χ1n) is 6.68. The first-order chi connectivity index (χ1) is 9.65. The van der Waals surface area contributed by atoms with E-state index in [9.17, 15) is 4.79 Å². The fraction of sp³-hybridized carbons (Fsp3) is 0.250. The fourth-order valence-corrected chi connectivity index (χ4v) is 2.00. The van der Waals surface area contributed by atoms with E-state index in [1.54, 1.807) is 0 Å². The number of carbonyl (C=O) groups is 1. The molecule has 104 valence electrons. The summed E-state index contributed by atoms with van der Waals surface area (Å²) in [5.41, 5.74) is 1.92. The Morgan fingerprint density at radius 1 is 1.20 bits per heavy atom. The van der Waals surface area contributed by atoms with Gasteiger partial charge in [-0.05, 0) is 18.2 Å². The zero-order chi connectivity index (χ0) is 14.4. The third-order valence-corrected chi connectivity index (χ3v) is 3.08. The number of amides is 1. The number of anilines is 2. The van der Waals surface area contributed by atoms with Crippen LogP contribution in [0.3, 0.4) is 0 Å². The van der Waals surface area contributed by atoms with Gasteiger partial charge in [-0.1, -0.05) is 12.1 Å². The molecule has 20 heavy (non-hydrogen) atoms. The zero-order valence-corrected chi connectivity index (χ0v) is 11.9. The lowest BCUT2D eigenvalue weighted by Crippen LogP contribution is -2.38. The summed E-state index contributed by atoms with van der Waals surface area (Å²) in [4.78, 5) is 13.2. The zero-order valence-electron chi connectivity index (χ0n) is 11.9. The van der Waals surface area contributed by atoms with Crippen LogP contribution in [-0.4, -0.2) is 19.5 Å². The van der Waals surface area contributed by atoms with Gasteiger partial charge in [0, 0.05) is 37.5 Å². The number of hydrogen-bond acceptors (Lipinski definition) is 2. The van der Waals surface area contributed by atoms with Gasteiger partial charge in [0.05, 0.1) is 6.54 Å². The van der Waals surface area contributed by atoms with E-state index in [4.69, 9.17) is 0 Å². The Hall–Kier alpha value is -2.36. The van der Waals surface area contributed by atoms with E-state index in [1.807, 2.05) is 42.5 Å². The lowest BCUT2D eigenvalue weighted by Gasteiger charge is -2.18. The highest BCUT2D eigenvalue weighted by atomic mass is 16.1. The molecule has 1 N–H and O–H groups in total. The molecule has 1 aromatic heterocycles. The maximum atomic E-state index is 11.1. The fourth-order valence-electron chi connectivity index (χ4n) is 2.00. The van der Waals surface area contributed by atoms with Crippen molar-refractivity contribution in [2.75, 3.05) is 23.8 Å². The number of likely N-dealkylation sites (N-methyl/N-ethyl adjacent to an activating group) is 1. The molecule has 0 aliphatic rings. The molecule has 2 aromatic rings. The number of benzene rings is 1. The highest BCUT2D eigenvalue weighted by molar-refractivity contribution is 5.89. The molecular formula is C16H20N3O+. The minimum atomic E-state index is -0.0513. The van der Waals surface area contributed by atoms with E-state index in [0.717, 1.165) is 24.5 Å². The molecule has 0 aliphatic heterocycles. The highest BCUT2D eigenvalue weighted by Crippen LogP contribution is 2.18. The second-order valence-electron chi connectivity index (χ2n) is 4.77. The van der Waals surface area contributed by atoms with Crippen LogP contribution in [0, 0.1) is 0 Å². The van der Waals surface area contributed by atoms with Crippen LogP contribution in [0.1, 0.15) is 6.92 Å². The first-order valence-corrected chi connectivity index (χ1v) is 6.68. The molecule has 0 unspecified atom stereocenters. The minimum Gasteiger partial charge on any atom is -0.368 e. The summed E-state index contributed by atoms with van der Waals surface area (Å²) in [6, 6.07) is 13.9. The number of pyridine rings is 1. The van der Waals surface area contributed by atoms with Crippen molar-refractivity contribution < 1.29 is 9.36 Å². The van der Waals surface area contributed by atoms with E-state index >= 15 is 0 Å². The standard InChI is InChI=1S/C16H19N3O/c1-14(20)17-15-7-6-8-16(13-15)18(2)11-12-19-9-4-3-5-10-19/h3-10,13H,11-12H2,1-2H3/p+1. The molecule has 4 nitrogen and oxygen atoms in total. The Labute approximate surface area is 119 Å². The minimum absolute atomic E-state index is 0.0513. The van der Waals surface area contributed by atoms with Gasteiger partial charge in [-0.25, -0.2) is 4.57 Å². The molecule has 0 fully saturated rings. The Bertz CT molecular complexity index is 569. The lowest BCUT2D eigenvalue weighted by atomic mass is 10.2. The molecular weight excluding hydrogens is 250 g/mol. The smallest absolute Gasteiger partial charge is 0.221 e. The molecule has 2 rings (SSSR count). The van der Waals surface area contributed by atoms with Gasteiger partial charge in [0.1, 0.15) is 0 Å². The molecule has 1 heterocycles. The number of nitrogens with zero attached hydrogens (tertiary/aromatic N) is 2. The van der Waals surface area contributed by atoms with Gasteiger partial charge in [0.25, 0.3) is 0 Å². The average molecular weight is 270 g/mol. The quantitative estimate of drug-likeness (QED) is 0.844. The Kier molecular flexibility index (Phi) is 4.71. The molecule has 0 spiro atoms. The van der Waals surface area contributed by atoms with E-state index in [1.165, 1.54) is 6.92 Å². The molecule has 0 atom stereocenters. The van der Waals surface area contributed by atoms with Crippen molar-refractivity contribution >= 4 is 17.3 Å².